The second kappa shape index (κ2) is 7.61. The lowest BCUT2D eigenvalue weighted by Crippen LogP contribution is -2.28. The van der Waals surface area contributed by atoms with E-state index in [9.17, 15) is 9.59 Å². The van der Waals surface area contributed by atoms with Gasteiger partial charge < -0.3 is 10.1 Å². The van der Waals surface area contributed by atoms with Crippen molar-refractivity contribution < 1.29 is 14.3 Å². The molecule has 2 aromatic heterocycles. The number of hydrogen-bond donors (Lipinski definition) is 1. The molecule has 0 unspecified atom stereocenters. The second-order valence-electron chi connectivity index (χ2n) is 4.51. The van der Waals surface area contributed by atoms with Gasteiger partial charge in [-0.1, -0.05) is 24.6 Å². The SMILES string of the molecule is CCCNC(=O)COC(=O)/C=C/c1c(Cl)nc2ccccn12. The van der Waals surface area contributed by atoms with Crippen LogP contribution in [0.3, 0.4) is 0 Å². The quantitative estimate of drug-likeness (QED) is 0.653. The van der Waals surface area contributed by atoms with Crippen LogP contribution < -0.4 is 5.32 Å². The maximum Gasteiger partial charge on any atom is 0.331 e. The number of carbonyl (C=O) groups is 2. The molecule has 7 heteroatoms. The summed E-state index contributed by atoms with van der Waals surface area (Å²) in [5.41, 5.74) is 1.25. The summed E-state index contributed by atoms with van der Waals surface area (Å²) in [6.07, 6.45) is 5.34. The van der Waals surface area contributed by atoms with Crippen LogP contribution in [0.15, 0.2) is 30.5 Å². The molecule has 6 nitrogen and oxygen atoms in total. The predicted octanol–water partition coefficient (Wildman–Crippen LogP) is 2.07. The van der Waals surface area contributed by atoms with Crippen LogP contribution in [-0.4, -0.2) is 34.4 Å². The lowest BCUT2D eigenvalue weighted by Gasteiger charge is -2.03. The van der Waals surface area contributed by atoms with Crippen molar-refractivity contribution in [3.8, 4) is 0 Å². The van der Waals surface area contributed by atoms with E-state index in [1.54, 1.807) is 16.7 Å². The number of amides is 1. The Morgan fingerprint density at radius 1 is 1.45 bits per heavy atom. The van der Waals surface area contributed by atoms with Gasteiger partial charge in [-0.25, -0.2) is 9.78 Å². The van der Waals surface area contributed by atoms with Crippen molar-refractivity contribution >= 4 is 35.2 Å². The summed E-state index contributed by atoms with van der Waals surface area (Å²) < 4.78 is 6.59. The summed E-state index contributed by atoms with van der Waals surface area (Å²) in [7, 11) is 0. The van der Waals surface area contributed by atoms with Crippen molar-refractivity contribution in [2.45, 2.75) is 13.3 Å². The molecule has 1 N–H and O–H groups in total. The number of carbonyl (C=O) groups excluding carboxylic acids is 2. The van der Waals surface area contributed by atoms with Gasteiger partial charge in [0.25, 0.3) is 5.91 Å². The second-order valence-corrected chi connectivity index (χ2v) is 4.87. The first-order valence-electron chi connectivity index (χ1n) is 6.86. The Hall–Kier alpha value is -2.34. The zero-order valence-corrected chi connectivity index (χ0v) is 12.8. The molecule has 2 aromatic rings. The van der Waals surface area contributed by atoms with Crippen LogP contribution in [-0.2, 0) is 14.3 Å². The monoisotopic (exact) mass is 321 g/mol. The van der Waals surface area contributed by atoms with E-state index in [0.717, 1.165) is 6.42 Å². The van der Waals surface area contributed by atoms with Crippen molar-refractivity contribution in [1.82, 2.24) is 14.7 Å². The van der Waals surface area contributed by atoms with Gasteiger partial charge in [-0.05, 0) is 24.6 Å². The normalized spacial score (nSPS) is 11.0. The molecular weight excluding hydrogens is 306 g/mol. The van der Waals surface area contributed by atoms with E-state index in [4.69, 9.17) is 16.3 Å². The number of imidazole rings is 1. The van der Waals surface area contributed by atoms with Crippen LogP contribution in [0.25, 0.3) is 11.7 Å². The van der Waals surface area contributed by atoms with Gasteiger partial charge in [0.05, 0.1) is 5.69 Å². The van der Waals surface area contributed by atoms with Gasteiger partial charge in [0, 0.05) is 18.8 Å². The minimum Gasteiger partial charge on any atom is -0.452 e. The maximum absolute atomic E-state index is 11.6. The van der Waals surface area contributed by atoms with Gasteiger partial charge in [-0.2, -0.15) is 0 Å². The maximum atomic E-state index is 11.6. The molecule has 0 spiro atoms. The van der Waals surface area contributed by atoms with Crippen molar-refractivity contribution in [2.75, 3.05) is 13.2 Å². The lowest BCUT2D eigenvalue weighted by molar-refractivity contribution is -0.143. The standard InChI is InChI=1S/C15H16ClN3O3/c1-2-8-17-13(20)10-22-14(21)7-6-11-15(16)18-12-5-3-4-9-19(11)12/h3-7,9H,2,8,10H2,1H3,(H,17,20)/b7-6+. The Bertz CT molecular complexity index is 709. The Kier molecular flexibility index (Phi) is 5.55. The van der Waals surface area contributed by atoms with Gasteiger partial charge in [0.2, 0.25) is 0 Å². The first-order chi connectivity index (χ1) is 10.6. The van der Waals surface area contributed by atoms with Crippen LogP contribution in [0.4, 0.5) is 0 Å². The van der Waals surface area contributed by atoms with E-state index in [0.29, 0.717) is 17.9 Å². The summed E-state index contributed by atoms with van der Waals surface area (Å²) >= 11 is 6.04. The zero-order valence-electron chi connectivity index (χ0n) is 12.1. The van der Waals surface area contributed by atoms with E-state index in [1.807, 2.05) is 19.1 Å². The van der Waals surface area contributed by atoms with Crippen LogP contribution in [0.1, 0.15) is 19.0 Å². The molecule has 0 bridgehead atoms. The molecule has 2 heterocycles. The molecule has 1 amide bonds. The smallest absolute Gasteiger partial charge is 0.331 e. The molecule has 0 radical (unpaired) electrons. The molecule has 0 atom stereocenters. The summed E-state index contributed by atoms with van der Waals surface area (Å²) in [5.74, 6) is -0.940. The molecule has 0 saturated heterocycles. The largest absolute Gasteiger partial charge is 0.452 e. The molecule has 0 aromatic carbocycles. The molecule has 0 fully saturated rings. The number of halogens is 1. The predicted molar refractivity (Wildman–Crippen MR) is 83.5 cm³/mol. The topological polar surface area (TPSA) is 72.7 Å². The number of ether oxygens (including phenoxy) is 1. The van der Waals surface area contributed by atoms with Gasteiger partial charge in [-0.15, -0.1) is 0 Å². The van der Waals surface area contributed by atoms with E-state index in [-0.39, 0.29) is 17.7 Å². The van der Waals surface area contributed by atoms with E-state index < -0.39 is 5.97 Å². The van der Waals surface area contributed by atoms with Gasteiger partial charge in [0.1, 0.15) is 5.65 Å². The molecule has 0 aliphatic carbocycles. The molecule has 0 saturated carbocycles. The number of fused-ring (bicyclic) bond motifs is 1. The number of aromatic nitrogens is 2. The highest BCUT2D eigenvalue weighted by Crippen LogP contribution is 2.18. The highest BCUT2D eigenvalue weighted by molar-refractivity contribution is 6.31. The Morgan fingerprint density at radius 2 is 2.27 bits per heavy atom. The van der Waals surface area contributed by atoms with Crippen molar-refractivity contribution in [1.29, 1.82) is 0 Å². The number of hydrogen-bond acceptors (Lipinski definition) is 4. The molecule has 116 valence electrons. The Balaban J connectivity index is 1.97. The fraction of sp³-hybridized carbons (Fsp3) is 0.267. The number of nitrogens with one attached hydrogen (secondary N) is 1. The Morgan fingerprint density at radius 3 is 3.05 bits per heavy atom. The highest BCUT2D eigenvalue weighted by atomic mass is 35.5. The molecular formula is C15H16ClN3O3. The van der Waals surface area contributed by atoms with Gasteiger partial charge in [-0.3, -0.25) is 9.20 Å². The Labute approximate surface area is 132 Å². The van der Waals surface area contributed by atoms with Crippen LogP contribution >= 0.6 is 11.6 Å². The zero-order chi connectivity index (χ0) is 15.9. The minimum atomic E-state index is -0.617. The first-order valence-corrected chi connectivity index (χ1v) is 7.23. The molecule has 0 aliphatic heterocycles. The van der Waals surface area contributed by atoms with E-state index >= 15 is 0 Å². The third-order valence-corrected chi connectivity index (χ3v) is 3.10. The first kappa shape index (κ1) is 16.0. The van der Waals surface area contributed by atoms with E-state index in [2.05, 4.69) is 10.3 Å². The molecule has 2 rings (SSSR count). The van der Waals surface area contributed by atoms with Gasteiger partial charge in [0.15, 0.2) is 11.8 Å². The number of pyridine rings is 1. The summed E-state index contributed by atoms with van der Waals surface area (Å²) in [5, 5.41) is 2.90. The van der Waals surface area contributed by atoms with Crippen LogP contribution in [0, 0.1) is 0 Å². The summed E-state index contributed by atoms with van der Waals surface area (Å²) in [6.45, 7) is 2.20. The fourth-order valence-electron chi connectivity index (χ4n) is 1.78. The average Bonchev–Trinajstić information content (AvgIpc) is 2.84. The number of rotatable bonds is 6. The van der Waals surface area contributed by atoms with Crippen LogP contribution in [0.5, 0.6) is 0 Å². The van der Waals surface area contributed by atoms with Crippen molar-refractivity contribution in [2.24, 2.45) is 0 Å². The van der Waals surface area contributed by atoms with Gasteiger partial charge >= 0.3 is 5.97 Å². The molecule has 22 heavy (non-hydrogen) atoms. The average molecular weight is 322 g/mol. The molecule has 0 aliphatic rings. The fourth-order valence-corrected chi connectivity index (χ4v) is 2.02. The third-order valence-electron chi connectivity index (χ3n) is 2.82. The summed E-state index contributed by atoms with van der Waals surface area (Å²) in [6, 6.07) is 5.48. The summed E-state index contributed by atoms with van der Waals surface area (Å²) in [4.78, 5) is 27.1. The van der Waals surface area contributed by atoms with Crippen molar-refractivity contribution in [3.63, 3.8) is 0 Å². The third kappa shape index (κ3) is 4.08. The van der Waals surface area contributed by atoms with Crippen molar-refractivity contribution in [3.05, 3.63) is 41.3 Å². The lowest BCUT2D eigenvalue weighted by atomic mass is 10.4. The highest BCUT2D eigenvalue weighted by Gasteiger charge is 2.08. The number of esters is 1. The van der Waals surface area contributed by atoms with Crippen LogP contribution in [0.2, 0.25) is 5.15 Å². The number of nitrogens with zero attached hydrogens (tertiary/aromatic N) is 2. The minimum absolute atomic E-state index is 0.288. The van der Waals surface area contributed by atoms with E-state index in [1.165, 1.54) is 12.2 Å².